The molecule has 1 aromatic carbocycles. The lowest BCUT2D eigenvalue weighted by Gasteiger charge is -2.29. The van der Waals surface area contributed by atoms with Gasteiger partial charge in [-0.1, -0.05) is 18.9 Å². The topological polar surface area (TPSA) is 86.6 Å². The summed E-state index contributed by atoms with van der Waals surface area (Å²) in [5.74, 6) is -1.91. The molecule has 1 aromatic rings. The number of carbonyl (C=O) groups excluding carboxylic acids is 1. The van der Waals surface area contributed by atoms with Crippen molar-refractivity contribution in [2.75, 3.05) is 0 Å². The zero-order chi connectivity index (χ0) is 14.7. The van der Waals surface area contributed by atoms with Crippen molar-refractivity contribution in [2.24, 2.45) is 5.92 Å². The van der Waals surface area contributed by atoms with Crippen molar-refractivity contribution in [1.82, 2.24) is 5.32 Å². The van der Waals surface area contributed by atoms with E-state index in [4.69, 9.17) is 0 Å². The quantitative estimate of drug-likeness (QED) is 0.789. The first-order valence-corrected chi connectivity index (χ1v) is 6.82. The number of nitrogens with one attached hydrogen (secondary N) is 1. The van der Waals surface area contributed by atoms with Gasteiger partial charge in [0, 0.05) is 6.04 Å². The second-order valence-electron chi connectivity index (χ2n) is 5.33. The first-order valence-electron chi connectivity index (χ1n) is 6.82. The van der Waals surface area contributed by atoms with Gasteiger partial charge in [0.05, 0.1) is 11.5 Å². The van der Waals surface area contributed by atoms with Crippen molar-refractivity contribution in [1.29, 1.82) is 0 Å². The van der Waals surface area contributed by atoms with E-state index in [9.17, 15) is 19.8 Å². The zero-order valence-corrected chi connectivity index (χ0v) is 11.4. The van der Waals surface area contributed by atoms with Crippen LogP contribution in [0.2, 0.25) is 0 Å². The lowest BCUT2D eigenvalue weighted by atomic mass is 9.84. The summed E-state index contributed by atoms with van der Waals surface area (Å²) in [6.45, 7) is 1.82. The van der Waals surface area contributed by atoms with Crippen molar-refractivity contribution in [2.45, 2.75) is 38.6 Å². The summed E-state index contributed by atoms with van der Waals surface area (Å²) in [4.78, 5) is 23.3. The molecule has 5 heteroatoms. The molecule has 0 radical (unpaired) electrons. The number of rotatable bonds is 3. The predicted molar refractivity (Wildman–Crippen MR) is 73.7 cm³/mol. The maximum absolute atomic E-state index is 12.1. The number of amides is 1. The van der Waals surface area contributed by atoms with Crippen LogP contribution in [0.25, 0.3) is 0 Å². The van der Waals surface area contributed by atoms with Crippen LogP contribution in [-0.2, 0) is 4.79 Å². The Kier molecular flexibility index (Phi) is 4.27. The molecular weight excluding hydrogens is 258 g/mol. The smallest absolute Gasteiger partial charge is 0.308 e. The van der Waals surface area contributed by atoms with E-state index in [1.54, 1.807) is 12.1 Å². The van der Waals surface area contributed by atoms with Crippen molar-refractivity contribution >= 4 is 11.9 Å². The number of aliphatic carboxylic acids is 1. The second-order valence-corrected chi connectivity index (χ2v) is 5.33. The number of benzene rings is 1. The van der Waals surface area contributed by atoms with Crippen LogP contribution < -0.4 is 5.32 Å². The largest absolute Gasteiger partial charge is 0.507 e. The first kappa shape index (κ1) is 14.4. The van der Waals surface area contributed by atoms with Gasteiger partial charge in [-0.05, 0) is 37.5 Å². The number of carbonyl (C=O) groups is 2. The molecule has 20 heavy (non-hydrogen) atoms. The monoisotopic (exact) mass is 277 g/mol. The Morgan fingerprint density at radius 1 is 1.25 bits per heavy atom. The van der Waals surface area contributed by atoms with Crippen LogP contribution in [0.4, 0.5) is 0 Å². The van der Waals surface area contributed by atoms with Crippen LogP contribution in [0.15, 0.2) is 18.2 Å². The molecule has 1 fully saturated rings. The van der Waals surface area contributed by atoms with Gasteiger partial charge in [0.25, 0.3) is 5.91 Å². The Hall–Kier alpha value is -2.04. The molecule has 0 aromatic heterocycles. The molecule has 5 nitrogen and oxygen atoms in total. The minimum absolute atomic E-state index is 0.0785. The van der Waals surface area contributed by atoms with Crippen LogP contribution in [-0.4, -0.2) is 28.1 Å². The number of phenolic OH excluding ortho intramolecular Hbond substituents is 1. The van der Waals surface area contributed by atoms with Gasteiger partial charge < -0.3 is 15.5 Å². The van der Waals surface area contributed by atoms with Gasteiger partial charge in [0.15, 0.2) is 0 Å². The molecular formula is C15H19NO4. The summed E-state index contributed by atoms with van der Waals surface area (Å²) < 4.78 is 0. The molecule has 0 saturated heterocycles. The minimum atomic E-state index is -0.872. The lowest BCUT2D eigenvalue weighted by molar-refractivity contribution is -0.143. The number of aromatic hydroxyl groups is 1. The van der Waals surface area contributed by atoms with Crippen molar-refractivity contribution < 1.29 is 19.8 Å². The highest BCUT2D eigenvalue weighted by Gasteiger charge is 2.32. The van der Waals surface area contributed by atoms with Crippen LogP contribution in [0.1, 0.15) is 41.6 Å². The highest BCUT2D eigenvalue weighted by atomic mass is 16.4. The third kappa shape index (κ3) is 3.10. The summed E-state index contributed by atoms with van der Waals surface area (Å²) in [6.07, 6.45) is 3.03. The van der Waals surface area contributed by atoms with Gasteiger partial charge in [-0.2, -0.15) is 0 Å². The average Bonchev–Trinajstić information content (AvgIpc) is 2.38. The summed E-state index contributed by atoms with van der Waals surface area (Å²) in [5, 5.41) is 21.7. The molecule has 1 amide bonds. The number of aryl methyl sites for hydroxylation is 1. The van der Waals surface area contributed by atoms with E-state index in [1.807, 2.05) is 6.92 Å². The van der Waals surface area contributed by atoms with Crippen LogP contribution in [0, 0.1) is 12.8 Å². The Balaban J connectivity index is 2.11. The van der Waals surface area contributed by atoms with E-state index >= 15 is 0 Å². The van der Waals surface area contributed by atoms with Gasteiger partial charge in [-0.3, -0.25) is 9.59 Å². The Labute approximate surface area is 117 Å². The first-order chi connectivity index (χ1) is 9.49. The number of hydrogen-bond acceptors (Lipinski definition) is 3. The van der Waals surface area contributed by atoms with E-state index in [0.717, 1.165) is 18.4 Å². The standard InChI is InChI=1S/C15H19NO4/c1-9-6-7-11(13(17)8-9)14(18)16-12-5-3-2-4-10(12)15(19)20/h6-8,10,12,17H,2-5H2,1H3,(H,16,18)(H,19,20). The molecule has 2 rings (SSSR count). The van der Waals surface area contributed by atoms with E-state index < -0.39 is 17.8 Å². The molecule has 108 valence electrons. The molecule has 0 bridgehead atoms. The summed E-state index contributed by atoms with van der Waals surface area (Å²) >= 11 is 0. The number of phenols is 1. The number of carboxylic acids is 1. The molecule has 0 heterocycles. The molecule has 2 unspecified atom stereocenters. The van der Waals surface area contributed by atoms with Crippen LogP contribution in [0.5, 0.6) is 5.75 Å². The summed E-state index contributed by atoms with van der Waals surface area (Å²) in [6, 6.07) is 4.45. The molecule has 1 saturated carbocycles. The minimum Gasteiger partial charge on any atom is -0.507 e. The summed E-state index contributed by atoms with van der Waals surface area (Å²) in [5.41, 5.74) is 1.05. The molecule has 2 atom stereocenters. The fourth-order valence-electron chi connectivity index (χ4n) is 2.68. The highest BCUT2D eigenvalue weighted by molar-refractivity contribution is 5.97. The van der Waals surface area contributed by atoms with E-state index in [-0.39, 0.29) is 17.4 Å². The van der Waals surface area contributed by atoms with Crippen LogP contribution >= 0.6 is 0 Å². The average molecular weight is 277 g/mol. The number of hydrogen-bond donors (Lipinski definition) is 3. The Morgan fingerprint density at radius 3 is 2.60 bits per heavy atom. The van der Waals surface area contributed by atoms with Gasteiger partial charge in [0.2, 0.25) is 0 Å². The van der Waals surface area contributed by atoms with Crippen molar-refractivity contribution in [3.63, 3.8) is 0 Å². The van der Waals surface area contributed by atoms with Crippen molar-refractivity contribution in [3.8, 4) is 5.75 Å². The number of carboxylic acid groups (broad SMARTS) is 1. The Bertz CT molecular complexity index is 527. The second kappa shape index (κ2) is 5.94. The van der Waals surface area contributed by atoms with Crippen molar-refractivity contribution in [3.05, 3.63) is 29.3 Å². The van der Waals surface area contributed by atoms with Gasteiger partial charge in [0.1, 0.15) is 5.75 Å². The molecule has 3 N–H and O–H groups in total. The fourth-order valence-corrected chi connectivity index (χ4v) is 2.68. The predicted octanol–water partition coefficient (Wildman–Crippen LogP) is 2.07. The van der Waals surface area contributed by atoms with Gasteiger partial charge in [-0.25, -0.2) is 0 Å². The van der Waals surface area contributed by atoms with E-state index in [1.165, 1.54) is 6.07 Å². The fraction of sp³-hybridized carbons (Fsp3) is 0.467. The molecule has 1 aliphatic rings. The molecule has 0 spiro atoms. The summed E-state index contributed by atoms with van der Waals surface area (Å²) in [7, 11) is 0. The van der Waals surface area contributed by atoms with Crippen LogP contribution in [0.3, 0.4) is 0 Å². The zero-order valence-electron chi connectivity index (χ0n) is 11.4. The SMILES string of the molecule is Cc1ccc(C(=O)NC2CCCCC2C(=O)O)c(O)c1. The maximum Gasteiger partial charge on any atom is 0.308 e. The Morgan fingerprint density at radius 2 is 1.95 bits per heavy atom. The van der Waals surface area contributed by atoms with E-state index in [0.29, 0.717) is 12.8 Å². The normalized spacial score (nSPS) is 22.2. The van der Waals surface area contributed by atoms with Gasteiger partial charge in [-0.15, -0.1) is 0 Å². The lowest BCUT2D eigenvalue weighted by Crippen LogP contribution is -2.45. The molecule has 0 aliphatic heterocycles. The third-order valence-corrected chi connectivity index (χ3v) is 3.80. The van der Waals surface area contributed by atoms with Gasteiger partial charge >= 0.3 is 5.97 Å². The highest BCUT2D eigenvalue weighted by Crippen LogP contribution is 2.26. The maximum atomic E-state index is 12.1. The van der Waals surface area contributed by atoms with E-state index in [2.05, 4.69) is 5.32 Å². The molecule has 1 aliphatic carbocycles. The third-order valence-electron chi connectivity index (χ3n) is 3.80.